The molecule has 236 valence electrons. The highest BCUT2D eigenvalue weighted by Gasteiger charge is 2.29. The molecular formula is C31H30ClFN10O3. The van der Waals surface area contributed by atoms with Crippen LogP contribution in [-0.2, 0) is 9.59 Å². The summed E-state index contributed by atoms with van der Waals surface area (Å²) in [7, 11) is 1.59. The van der Waals surface area contributed by atoms with Gasteiger partial charge in [0.25, 0.3) is 0 Å². The van der Waals surface area contributed by atoms with Crippen LogP contribution < -0.4 is 4.73 Å². The van der Waals surface area contributed by atoms with Gasteiger partial charge in [0, 0.05) is 50.4 Å². The molecule has 6 rings (SSSR count). The molecule has 13 nitrogen and oxygen atoms in total. The minimum absolute atomic E-state index is 0.0343. The predicted octanol–water partition coefficient (Wildman–Crippen LogP) is 3.46. The standard InChI is InChI=1S/C31H30ClFN10O3/c1-39(28(44)15-29(45)40-13-3-2-4-14-40)19-27(41-17-23(16-36-41)21-9-11-34-12-10-21)25-7-5-22(18-43(25)46)30-26(42-20-35-37-38-42)8-6-24(32)31(30)33/h5-12,16-18,20,27H,2-4,13-15,19H2,1H3. The van der Waals surface area contributed by atoms with E-state index in [4.69, 9.17) is 11.6 Å². The highest BCUT2D eigenvalue weighted by Crippen LogP contribution is 2.33. The Hall–Kier alpha value is -5.24. The molecule has 2 amide bonds. The average Bonchev–Trinajstić information content (AvgIpc) is 3.79. The number of hydrogen-bond acceptors (Lipinski definition) is 8. The maximum Gasteiger partial charge on any atom is 0.232 e. The summed E-state index contributed by atoms with van der Waals surface area (Å²) in [6.45, 7) is 1.33. The van der Waals surface area contributed by atoms with Gasteiger partial charge in [-0.3, -0.25) is 19.3 Å². The lowest BCUT2D eigenvalue weighted by Crippen LogP contribution is -2.43. The Morgan fingerprint density at radius 1 is 1.07 bits per heavy atom. The van der Waals surface area contributed by atoms with Crippen LogP contribution >= 0.6 is 11.6 Å². The highest BCUT2D eigenvalue weighted by atomic mass is 35.5. The normalized spacial score (nSPS) is 13.8. The van der Waals surface area contributed by atoms with Crippen LogP contribution in [0.1, 0.15) is 37.4 Å². The fourth-order valence-corrected chi connectivity index (χ4v) is 5.73. The van der Waals surface area contributed by atoms with Crippen molar-refractivity contribution in [3.63, 3.8) is 0 Å². The fourth-order valence-electron chi connectivity index (χ4n) is 5.57. The van der Waals surface area contributed by atoms with Crippen molar-refractivity contribution >= 4 is 23.4 Å². The van der Waals surface area contributed by atoms with Gasteiger partial charge in [-0.2, -0.15) is 14.5 Å². The van der Waals surface area contributed by atoms with Gasteiger partial charge in [-0.05, 0) is 65.6 Å². The number of rotatable bonds is 9. The predicted molar refractivity (Wildman–Crippen MR) is 165 cm³/mol. The van der Waals surface area contributed by atoms with Gasteiger partial charge in [0.05, 0.1) is 34.6 Å². The van der Waals surface area contributed by atoms with E-state index in [0.717, 1.165) is 30.4 Å². The third-order valence-corrected chi connectivity index (χ3v) is 8.35. The van der Waals surface area contributed by atoms with Crippen LogP contribution in [0.2, 0.25) is 5.02 Å². The molecule has 5 aromatic rings. The largest absolute Gasteiger partial charge is 0.618 e. The van der Waals surface area contributed by atoms with E-state index >= 15 is 4.39 Å². The maximum absolute atomic E-state index is 15.4. The molecule has 46 heavy (non-hydrogen) atoms. The molecule has 1 saturated heterocycles. The van der Waals surface area contributed by atoms with Gasteiger partial charge in [0.2, 0.25) is 17.5 Å². The highest BCUT2D eigenvalue weighted by molar-refractivity contribution is 6.31. The molecule has 5 heterocycles. The Bertz CT molecular complexity index is 1840. The molecule has 1 atom stereocenters. The first-order chi connectivity index (χ1) is 22.3. The third kappa shape index (κ3) is 6.42. The molecule has 15 heteroatoms. The monoisotopic (exact) mass is 644 g/mol. The molecule has 0 spiro atoms. The Morgan fingerprint density at radius 3 is 2.57 bits per heavy atom. The quantitative estimate of drug-likeness (QED) is 0.135. The molecule has 0 N–H and O–H groups in total. The van der Waals surface area contributed by atoms with Crippen molar-refractivity contribution in [3.05, 3.63) is 95.5 Å². The molecule has 1 unspecified atom stereocenters. The van der Waals surface area contributed by atoms with Crippen LogP contribution in [0.4, 0.5) is 4.39 Å². The molecule has 1 aliphatic rings. The molecule has 1 aromatic carbocycles. The number of benzene rings is 1. The van der Waals surface area contributed by atoms with E-state index in [0.29, 0.717) is 17.8 Å². The number of pyridine rings is 2. The molecule has 0 bridgehead atoms. The number of aromatic nitrogens is 8. The zero-order valence-corrected chi connectivity index (χ0v) is 25.7. The van der Waals surface area contributed by atoms with Crippen molar-refractivity contribution in [2.75, 3.05) is 26.7 Å². The number of hydrogen-bond donors (Lipinski definition) is 0. The van der Waals surface area contributed by atoms with Gasteiger partial charge in [-0.1, -0.05) is 11.6 Å². The number of carbonyl (C=O) groups is 2. The molecule has 1 fully saturated rings. The van der Waals surface area contributed by atoms with Gasteiger partial charge in [0.1, 0.15) is 12.7 Å². The number of nitrogens with zero attached hydrogens (tertiary/aromatic N) is 10. The fraction of sp³-hybridized carbons (Fsp3) is 0.290. The van der Waals surface area contributed by atoms with Crippen LogP contribution in [0.3, 0.4) is 0 Å². The molecule has 0 aliphatic carbocycles. The minimum atomic E-state index is -0.760. The van der Waals surface area contributed by atoms with Crippen molar-refractivity contribution in [3.8, 4) is 27.9 Å². The summed E-state index contributed by atoms with van der Waals surface area (Å²) in [5.74, 6) is -1.32. The first-order valence-electron chi connectivity index (χ1n) is 14.7. The third-order valence-electron chi connectivity index (χ3n) is 8.06. The Labute approximate surface area is 268 Å². The topological polar surface area (TPSA) is 142 Å². The molecule has 0 saturated carbocycles. The van der Waals surface area contributed by atoms with E-state index in [1.165, 1.54) is 28.2 Å². The van der Waals surface area contributed by atoms with E-state index in [9.17, 15) is 14.8 Å². The van der Waals surface area contributed by atoms with Crippen LogP contribution in [-0.4, -0.2) is 83.3 Å². The number of likely N-dealkylation sites (N-methyl/N-ethyl adjacent to an activating group) is 1. The Morgan fingerprint density at radius 2 is 1.85 bits per heavy atom. The van der Waals surface area contributed by atoms with Gasteiger partial charge >= 0.3 is 0 Å². The van der Waals surface area contributed by atoms with Crippen LogP contribution in [0.5, 0.6) is 0 Å². The van der Waals surface area contributed by atoms with Gasteiger partial charge in [-0.15, -0.1) is 5.10 Å². The number of piperidine rings is 1. The van der Waals surface area contributed by atoms with Gasteiger partial charge in [-0.25, -0.2) is 4.39 Å². The second kappa shape index (κ2) is 13.4. The number of likely N-dealkylation sites (tertiary alicyclic amines) is 1. The van der Waals surface area contributed by atoms with Gasteiger partial charge < -0.3 is 15.0 Å². The maximum atomic E-state index is 15.4. The van der Waals surface area contributed by atoms with Crippen LogP contribution in [0, 0.1) is 11.0 Å². The summed E-state index contributed by atoms with van der Waals surface area (Å²) in [5.41, 5.74) is 2.44. The molecular weight excluding hydrogens is 615 g/mol. The summed E-state index contributed by atoms with van der Waals surface area (Å²) >= 11 is 6.12. The lowest BCUT2D eigenvalue weighted by Gasteiger charge is -2.28. The Balaban J connectivity index is 1.34. The van der Waals surface area contributed by atoms with E-state index < -0.39 is 11.9 Å². The van der Waals surface area contributed by atoms with Crippen molar-refractivity contribution in [2.45, 2.75) is 31.7 Å². The van der Waals surface area contributed by atoms with Crippen molar-refractivity contribution in [1.29, 1.82) is 0 Å². The SMILES string of the molecule is CN(CC(c1ccc(-c2c(-n3cnnn3)ccc(Cl)c2F)c[n+]1[O-])n1cc(-c2ccncc2)cn1)C(=O)CC(=O)N1CCCCC1. The average molecular weight is 645 g/mol. The van der Waals surface area contributed by atoms with E-state index in [1.807, 2.05) is 12.1 Å². The van der Waals surface area contributed by atoms with E-state index in [1.54, 1.807) is 59.6 Å². The van der Waals surface area contributed by atoms with E-state index in [-0.39, 0.29) is 52.3 Å². The zero-order chi connectivity index (χ0) is 32.2. The number of carbonyl (C=O) groups excluding carboxylic acids is 2. The summed E-state index contributed by atoms with van der Waals surface area (Å²) in [5, 5.41) is 29.2. The minimum Gasteiger partial charge on any atom is -0.618 e. The first kappa shape index (κ1) is 30.8. The number of halogens is 2. The van der Waals surface area contributed by atoms with Crippen molar-refractivity contribution in [1.82, 2.24) is 44.8 Å². The van der Waals surface area contributed by atoms with Crippen molar-refractivity contribution in [2.24, 2.45) is 0 Å². The summed E-state index contributed by atoms with van der Waals surface area (Å²) in [6, 6.07) is 9.00. The van der Waals surface area contributed by atoms with E-state index in [2.05, 4.69) is 25.6 Å². The molecule has 1 aliphatic heterocycles. The lowest BCUT2D eigenvalue weighted by molar-refractivity contribution is -0.615. The smallest absolute Gasteiger partial charge is 0.232 e. The molecule has 0 radical (unpaired) electrons. The van der Waals surface area contributed by atoms with Crippen LogP contribution in [0.25, 0.3) is 27.9 Å². The summed E-state index contributed by atoms with van der Waals surface area (Å²) in [4.78, 5) is 33.3. The van der Waals surface area contributed by atoms with Crippen LogP contribution in [0.15, 0.2) is 73.7 Å². The molecule has 4 aromatic heterocycles. The second-order valence-electron chi connectivity index (χ2n) is 11.0. The Kier molecular flexibility index (Phi) is 8.97. The summed E-state index contributed by atoms with van der Waals surface area (Å²) in [6.07, 6.45) is 12.0. The second-order valence-corrected chi connectivity index (χ2v) is 11.4. The zero-order valence-electron chi connectivity index (χ0n) is 24.9. The number of tetrazole rings is 1. The van der Waals surface area contributed by atoms with Gasteiger partial charge in [0.15, 0.2) is 18.1 Å². The first-order valence-corrected chi connectivity index (χ1v) is 15.1. The van der Waals surface area contributed by atoms with Crippen molar-refractivity contribution < 1.29 is 18.7 Å². The lowest BCUT2D eigenvalue weighted by atomic mass is 10.0. The summed E-state index contributed by atoms with van der Waals surface area (Å²) < 4.78 is 18.9. The number of amides is 2.